The van der Waals surface area contributed by atoms with E-state index in [4.69, 9.17) is 37.0 Å². The molecule has 5 atom stereocenters. The monoisotopic (exact) mass is 1410 g/mol. The molecular weight excluding hydrogens is 1260 g/mol. The average Bonchev–Trinajstić information content (AvgIpc) is 1.90. The number of aliphatic hydroxyl groups excluding tert-OH is 1. The van der Waals surface area contributed by atoms with E-state index in [9.17, 15) is 43.2 Å². The molecular formula is C77H150O17P2. The van der Waals surface area contributed by atoms with E-state index >= 15 is 0 Å². The Morgan fingerprint density at radius 2 is 0.417 bits per heavy atom. The van der Waals surface area contributed by atoms with Crippen LogP contribution in [0.25, 0.3) is 0 Å². The van der Waals surface area contributed by atoms with Crippen molar-refractivity contribution in [3.63, 3.8) is 0 Å². The minimum Gasteiger partial charge on any atom is -0.462 e. The maximum absolute atomic E-state index is 13.1. The number of unbranched alkanes of at least 4 members (excludes halogenated alkanes) is 52. The van der Waals surface area contributed by atoms with Gasteiger partial charge < -0.3 is 33.8 Å². The molecule has 0 aliphatic rings. The predicted molar refractivity (Wildman–Crippen MR) is 391 cm³/mol. The molecule has 0 fully saturated rings. The van der Waals surface area contributed by atoms with Crippen LogP contribution in [0.4, 0.5) is 0 Å². The maximum atomic E-state index is 13.1. The lowest BCUT2D eigenvalue weighted by Crippen LogP contribution is -2.30. The largest absolute Gasteiger partial charge is 0.472 e. The molecule has 0 aliphatic heterocycles. The van der Waals surface area contributed by atoms with Crippen molar-refractivity contribution in [3.05, 3.63) is 0 Å². The zero-order chi connectivity index (χ0) is 70.4. The van der Waals surface area contributed by atoms with E-state index in [2.05, 4.69) is 27.7 Å². The molecule has 0 rings (SSSR count). The molecule has 0 aromatic carbocycles. The highest BCUT2D eigenvalue weighted by molar-refractivity contribution is 7.47. The van der Waals surface area contributed by atoms with Crippen LogP contribution < -0.4 is 0 Å². The second-order valence-corrected chi connectivity index (χ2v) is 30.7. The predicted octanol–water partition coefficient (Wildman–Crippen LogP) is 23.0. The molecule has 3 N–H and O–H groups in total. The summed E-state index contributed by atoms with van der Waals surface area (Å²) in [5, 5.41) is 10.6. The molecule has 0 spiro atoms. The summed E-state index contributed by atoms with van der Waals surface area (Å²) >= 11 is 0. The third-order valence-corrected chi connectivity index (χ3v) is 20.0. The van der Waals surface area contributed by atoms with Gasteiger partial charge in [0.15, 0.2) is 12.2 Å². The fraction of sp³-hybridized carbons (Fsp3) is 0.948. The number of phosphoric ester groups is 2. The van der Waals surface area contributed by atoms with E-state index in [1.807, 2.05) is 0 Å². The molecule has 0 aliphatic carbocycles. The molecule has 570 valence electrons. The van der Waals surface area contributed by atoms with Crippen LogP contribution in [0.2, 0.25) is 0 Å². The van der Waals surface area contributed by atoms with Crippen LogP contribution in [0.15, 0.2) is 0 Å². The first-order valence-corrected chi connectivity index (χ1v) is 43.3. The molecule has 0 saturated carbocycles. The molecule has 2 unspecified atom stereocenters. The number of hydrogen-bond acceptors (Lipinski definition) is 15. The first kappa shape index (κ1) is 94.1. The Labute approximate surface area is 588 Å². The van der Waals surface area contributed by atoms with Crippen molar-refractivity contribution >= 4 is 39.5 Å². The van der Waals surface area contributed by atoms with Gasteiger partial charge in [-0.2, -0.15) is 0 Å². The van der Waals surface area contributed by atoms with Crippen molar-refractivity contribution in [1.29, 1.82) is 0 Å². The van der Waals surface area contributed by atoms with Gasteiger partial charge in [0.2, 0.25) is 0 Å². The van der Waals surface area contributed by atoms with E-state index in [1.54, 1.807) is 0 Å². The third kappa shape index (κ3) is 70.5. The lowest BCUT2D eigenvalue weighted by atomic mass is 10.0. The van der Waals surface area contributed by atoms with Crippen molar-refractivity contribution in [3.8, 4) is 0 Å². The fourth-order valence-electron chi connectivity index (χ4n) is 11.9. The molecule has 0 saturated heterocycles. The highest BCUT2D eigenvalue weighted by Crippen LogP contribution is 2.45. The first-order valence-electron chi connectivity index (χ1n) is 40.3. The molecule has 0 bridgehead atoms. The standard InChI is InChI=1S/C77H150O17P2/c1-5-9-13-17-21-25-29-31-33-35-36-37-39-41-44-48-52-56-60-64-77(82)94-73(68-88-75(80)62-58-54-50-46-43-40-38-34-32-30-26-22-18-14-10-6-2)70-92-96(85,86)90-66-71(78)65-89-95(83,84)91-69-72(67-87-74(79)61-57-53-49-45-28-24-20-16-12-8-4)93-76(81)63-59-55-51-47-42-27-23-19-15-11-7-3/h71-73,78H,5-70H2,1-4H3,(H,83,84)(H,85,86)/t71-,72+,73+/m0/s1. The Morgan fingerprint density at radius 1 is 0.250 bits per heavy atom. The van der Waals surface area contributed by atoms with Gasteiger partial charge in [0.1, 0.15) is 19.3 Å². The van der Waals surface area contributed by atoms with Gasteiger partial charge in [0, 0.05) is 25.7 Å². The fourth-order valence-corrected chi connectivity index (χ4v) is 13.5. The summed E-state index contributed by atoms with van der Waals surface area (Å²) in [5.74, 6) is -2.11. The van der Waals surface area contributed by atoms with Crippen molar-refractivity contribution in [2.45, 2.75) is 431 Å². The summed E-state index contributed by atoms with van der Waals surface area (Å²) in [6, 6.07) is 0. The topological polar surface area (TPSA) is 237 Å². The van der Waals surface area contributed by atoms with Crippen LogP contribution in [0, 0.1) is 0 Å². The minimum atomic E-state index is -4.96. The SMILES string of the molecule is CCCCCCCCCCCCCCCCCCCCCC(=O)O[C@H](COC(=O)CCCCCCCCCCCCCCCCCC)COP(=O)(O)OC[C@@H](O)COP(=O)(O)OC[C@@H](COC(=O)CCCCCCCCCCCC)OC(=O)CCCCCCCCCCCCC. The van der Waals surface area contributed by atoms with E-state index in [0.29, 0.717) is 25.7 Å². The van der Waals surface area contributed by atoms with Gasteiger partial charge in [-0.1, -0.05) is 362 Å². The average molecular weight is 1410 g/mol. The van der Waals surface area contributed by atoms with E-state index in [1.165, 1.54) is 244 Å². The Bertz CT molecular complexity index is 1830. The highest BCUT2D eigenvalue weighted by Gasteiger charge is 2.30. The van der Waals surface area contributed by atoms with Crippen molar-refractivity contribution in [2.75, 3.05) is 39.6 Å². The normalized spacial score (nSPS) is 13.9. The Morgan fingerprint density at radius 3 is 0.615 bits per heavy atom. The Hall–Kier alpha value is -1.94. The quantitative estimate of drug-likeness (QED) is 0.0222. The molecule has 0 heterocycles. The number of rotatable bonds is 78. The van der Waals surface area contributed by atoms with Gasteiger partial charge in [0.25, 0.3) is 0 Å². The third-order valence-electron chi connectivity index (χ3n) is 18.1. The summed E-state index contributed by atoms with van der Waals surface area (Å²) < 4.78 is 68.5. The van der Waals surface area contributed by atoms with Gasteiger partial charge in [-0.05, 0) is 25.7 Å². The Balaban J connectivity index is 5.21. The number of esters is 4. The number of carbonyl (C=O) groups is 4. The van der Waals surface area contributed by atoms with Crippen LogP contribution in [0.3, 0.4) is 0 Å². The second-order valence-electron chi connectivity index (χ2n) is 27.7. The zero-order valence-corrected chi connectivity index (χ0v) is 64.1. The number of carbonyl (C=O) groups excluding carboxylic acids is 4. The van der Waals surface area contributed by atoms with Crippen LogP contribution in [-0.2, 0) is 65.4 Å². The Kier molecular flexibility index (Phi) is 70.0. The van der Waals surface area contributed by atoms with Crippen LogP contribution in [0.1, 0.15) is 413 Å². The molecule has 0 aromatic rings. The number of ether oxygens (including phenoxy) is 4. The molecule has 96 heavy (non-hydrogen) atoms. The van der Waals surface area contributed by atoms with Gasteiger partial charge >= 0.3 is 39.5 Å². The van der Waals surface area contributed by atoms with Crippen molar-refractivity contribution in [2.24, 2.45) is 0 Å². The van der Waals surface area contributed by atoms with Crippen molar-refractivity contribution in [1.82, 2.24) is 0 Å². The number of phosphoric acid groups is 2. The summed E-state index contributed by atoms with van der Waals surface area (Å²) in [7, 11) is -9.91. The van der Waals surface area contributed by atoms with E-state index in [-0.39, 0.29) is 25.7 Å². The van der Waals surface area contributed by atoms with Gasteiger partial charge in [-0.3, -0.25) is 37.3 Å². The summed E-state index contributed by atoms with van der Waals surface area (Å²) in [5.41, 5.74) is 0. The number of aliphatic hydroxyl groups is 1. The smallest absolute Gasteiger partial charge is 0.462 e. The second kappa shape index (κ2) is 71.5. The molecule has 17 nitrogen and oxygen atoms in total. The molecule has 0 aromatic heterocycles. The van der Waals surface area contributed by atoms with Gasteiger partial charge in [-0.15, -0.1) is 0 Å². The molecule has 19 heteroatoms. The summed E-state index contributed by atoms with van der Waals surface area (Å²) in [6.45, 7) is 4.99. The summed E-state index contributed by atoms with van der Waals surface area (Å²) in [6.07, 6.45) is 62.4. The van der Waals surface area contributed by atoms with E-state index in [0.717, 1.165) is 89.9 Å². The molecule has 0 radical (unpaired) electrons. The maximum Gasteiger partial charge on any atom is 0.472 e. The number of hydrogen-bond donors (Lipinski definition) is 3. The van der Waals surface area contributed by atoms with Crippen molar-refractivity contribution < 1.29 is 80.2 Å². The van der Waals surface area contributed by atoms with Crippen LogP contribution in [0.5, 0.6) is 0 Å². The molecule has 0 amide bonds. The van der Waals surface area contributed by atoms with E-state index < -0.39 is 97.5 Å². The lowest BCUT2D eigenvalue weighted by Gasteiger charge is -2.21. The highest BCUT2D eigenvalue weighted by atomic mass is 31.2. The first-order chi connectivity index (χ1) is 46.7. The zero-order valence-electron chi connectivity index (χ0n) is 62.4. The van der Waals surface area contributed by atoms with Crippen LogP contribution in [-0.4, -0.2) is 96.7 Å². The van der Waals surface area contributed by atoms with Gasteiger partial charge in [0.05, 0.1) is 26.4 Å². The minimum absolute atomic E-state index is 0.108. The lowest BCUT2D eigenvalue weighted by molar-refractivity contribution is -0.161. The van der Waals surface area contributed by atoms with Crippen LogP contribution >= 0.6 is 15.6 Å². The summed E-state index contributed by atoms with van der Waals surface area (Å²) in [4.78, 5) is 72.8. The van der Waals surface area contributed by atoms with Gasteiger partial charge in [-0.25, -0.2) is 9.13 Å².